The third kappa shape index (κ3) is 16.4. The molecule has 0 radical (unpaired) electrons. The number of imide groups is 1. The van der Waals surface area contributed by atoms with Crippen LogP contribution < -0.4 is 27.0 Å². The van der Waals surface area contributed by atoms with Gasteiger partial charge in [0.15, 0.2) is 5.78 Å². The van der Waals surface area contributed by atoms with Crippen molar-refractivity contribution in [2.45, 2.75) is 112 Å². The molecule has 1 aliphatic rings. The molecule has 1 aromatic rings. The molecule has 13 heteroatoms. The Morgan fingerprint density at radius 2 is 1.52 bits per heavy atom. The number of nitrogens with two attached hydrogens (primary N) is 1. The second-order valence-electron chi connectivity index (χ2n) is 14.6. The highest BCUT2D eigenvalue weighted by Gasteiger charge is 2.29. The number of anilines is 1. The minimum absolute atomic E-state index is 0.0137. The van der Waals surface area contributed by atoms with E-state index in [1.165, 1.54) is 17.1 Å². The normalized spacial score (nSPS) is 14.7. The van der Waals surface area contributed by atoms with E-state index in [1.807, 2.05) is 20.8 Å². The van der Waals surface area contributed by atoms with Gasteiger partial charge in [0.05, 0.1) is 6.04 Å². The van der Waals surface area contributed by atoms with Crippen LogP contribution in [-0.4, -0.2) is 72.2 Å². The Hall–Kier alpha value is -4.26. The monoisotopic (exact) mass is 698 g/mol. The van der Waals surface area contributed by atoms with Crippen LogP contribution in [0.5, 0.6) is 0 Å². The van der Waals surface area contributed by atoms with E-state index in [1.54, 1.807) is 24.3 Å². The number of nitrogens with one attached hydrogen (secondary N) is 4. The molecule has 0 saturated carbocycles. The lowest BCUT2D eigenvalue weighted by Crippen LogP contribution is -2.46. The highest BCUT2D eigenvalue weighted by molar-refractivity contribution is 6.12. The molecule has 0 bridgehead atoms. The molecule has 0 fully saturated rings. The Kier molecular flexibility index (Phi) is 17.7. The van der Waals surface area contributed by atoms with Crippen LogP contribution >= 0.6 is 0 Å². The lowest BCUT2D eigenvalue weighted by molar-refractivity contribution is -0.136. The molecule has 0 aliphatic carbocycles. The van der Waals surface area contributed by atoms with Crippen molar-refractivity contribution in [1.82, 2.24) is 20.9 Å². The number of ether oxygens (including phenoxy) is 1. The van der Waals surface area contributed by atoms with Crippen LogP contribution in [0.2, 0.25) is 0 Å². The third-order valence-corrected chi connectivity index (χ3v) is 8.48. The maximum Gasteiger partial charge on any atom is 0.407 e. The number of primary amides is 1. The van der Waals surface area contributed by atoms with E-state index >= 15 is 0 Å². The van der Waals surface area contributed by atoms with Crippen molar-refractivity contribution in [3.05, 3.63) is 42.0 Å². The van der Waals surface area contributed by atoms with Crippen LogP contribution in [0, 0.1) is 17.3 Å². The molecule has 50 heavy (non-hydrogen) atoms. The van der Waals surface area contributed by atoms with Gasteiger partial charge in [0.1, 0.15) is 6.61 Å². The number of hydrogen-bond donors (Lipinski definition) is 5. The molecule has 2 rings (SSSR count). The quantitative estimate of drug-likeness (QED) is 0.0843. The lowest BCUT2D eigenvalue weighted by atomic mass is 9.89. The van der Waals surface area contributed by atoms with E-state index in [9.17, 15) is 28.8 Å². The molecule has 1 unspecified atom stereocenters. The van der Waals surface area contributed by atoms with Gasteiger partial charge in [-0.1, -0.05) is 59.6 Å². The number of carbonyl (C=O) groups is 6. The number of unbranched alkanes of at least 4 members (excludes halogenated alkanes) is 2. The molecule has 0 aromatic heterocycles. The highest BCUT2D eigenvalue weighted by Crippen LogP contribution is 2.21. The highest BCUT2D eigenvalue weighted by atomic mass is 16.5. The fourth-order valence-electron chi connectivity index (χ4n) is 5.52. The SMILES string of the molecule is CC(CCCCCN1C(=O)C=CC1=O)N[C@H](C(=O)C[C@@H](CCCNC(N)=O)C(=O)Nc1ccc(COC(=O)NCCC(C)(C)C)cc1)C(C)C. The Morgan fingerprint density at radius 3 is 2.12 bits per heavy atom. The average molecular weight is 699 g/mol. The van der Waals surface area contributed by atoms with E-state index in [-0.39, 0.29) is 60.5 Å². The van der Waals surface area contributed by atoms with Gasteiger partial charge < -0.3 is 31.7 Å². The van der Waals surface area contributed by atoms with E-state index in [0.29, 0.717) is 38.0 Å². The Labute approximate surface area is 296 Å². The predicted molar refractivity (Wildman–Crippen MR) is 193 cm³/mol. The van der Waals surface area contributed by atoms with Gasteiger partial charge in [0, 0.05) is 55.9 Å². The van der Waals surface area contributed by atoms with Gasteiger partial charge in [-0.3, -0.25) is 24.1 Å². The summed E-state index contributed by atoms with van der Waals surface area (Å²) in [6.07, 6.45) is 6.99. The Bertz CT molecular complexity index is 1300. The summed E-state index contributed by atoms with van der Waals surface area (Å²) in [5, 5.41) is 11.7. The Balaban J connectivity index is 1.92. The summed E-state index contributed by atoms with van der Waals surface area (Å²) in [6, 6.07) is 5.89. The first-order valence-corrected chi connectivity index (χ1v) is 17.7. The van der Waals surface area contributed by atoms with Gasteiger partial charge in [-0.05, 0) is 68.1 Å². The molecule has 13 nitrogen and oxygen atoms in total. The first-order chi connectivity index (χ1) is 23.6. The molecule has 0 spiro atoms. The molecule has 1 heterocycles. The van der Waals surface area contributed by atoms with Crippen LogP contribution in [0.15, 0.2) is 36.4 Å². The molecule has 3 atom stereocenters. The maximum absolute atomic E-state index is 13.6. The second-order valence-corrected chi connectivity index (χ2v) is 14.6. The summed E-state index contributed by atoms with van der Waals surface area (Å²) in [6.45, 7) is 13.5. The number of amides is 6. The zero-order valence-electron chi connectivity index (χ0n) is 30.6. The number of urea groups is 1. The van der Waals surface area contributed by atoms with Crippen LogP contribution in [-0.2, 0) is 30.5 Å². The van der Waals surface area contributed by atoms with Crippen LogP contribution in [0.1, 0.15) is 98.5 Å². The number of rotatable bonds is 22. The fraction of sp³-hybridized carbons (Fsp3) is 0.622. The smallest absolute Gasteiger partial charge is 0.407 e. The summed E-state index contributed by atoms with van der Waals surface area (Å²) < 4.78 is 5.30. The third-order valence-electron chi connectivity index (χ3n) is 8.48. The van der Waals surface area contributed by atoms with Crippen molar-refractivity contribution in [3.63, 3.8) is 0 Å². The number of benzene rings is 1. The van der Waals surface area contributed by atoms with Crippen molar-refractivity contribution in [2.75, 3.05) is 25.0 Å². The number of alkyl carbamates (subject to hydrolysis) is 1. The van der Waals surface area contributed by atoms with Crippen LogP contribution in [0.4, 0.5) is 15.3 Å². The minimum atomic E-state index is -0.651. The molecular formula is C37H58N6O7. The van der Waals surface area contributed by atoms with Gasteiger partial charge in [-0.2, -0.15) is 0 Å². The molecule has 0 saturated heterocycles. The number of nitrogens with zero attached hydrogens (tertiary/aromatic N) is 1. The van der Waals surface area contributed by atoms with Crippen molar-refractivity contribution in [1.29, 1.82) is 0 Å². The number of hydrogen-bond acceptors (Lipinski definition) is 8. The molecule has 1 aromatic carbocycles. The first-order valence-electron chi connectivity index (χ1n) is 17.7. The molecule has 278 valence electrons. The zero-order valence-corrected chi connectivity index (χ0v) is 30.6. The standard InChI is InChI=1S/C37H58N6O7/c1-25(2)33(41-26(3)11-8-7-9-22-43-31(45)17-18-32(43)46)30(44)23-28(12-10-20-39-35(38)48)34(47)42-29-15-13-27(14-16-29)24-50-36(49)40-21-19-37(4,5)6/h13-18,25-26,28,33,41H,7-12,19-24H2,1-6H3,(H,40,49)(H,42,47)(H3,38,39,48)/t26?,28-,33+/m1/s1. The van der Waals surface area contributed by atoms with Crippen molar-refractivity contribution in [2.24, 2.45) is 23.0 Å². The molecule has 6 amide bonds. The van der Waals surface area contributed by atoms with Crippen molar-refractivity contribution < 1.29 is 33.5 Å². The lowest BCUT2D eigenvalue weighted by Gasteiger charge is -2.27. The summed E-state index contributed by atoms with van der Waals surface area (Å²) in [4.78, 5) is 75.0. The maximum atomic E-state index is 13.6. The largest absolute Gasteiger partial charge is 0.445 e. The first kappa shape index (κ1) is 41.9. The summed E-state index contributed by atoms with van der Waals surface area (Å²) in [5.74, 6) is -1.57. The predicted octanol–water partition coefficient (Wildman–Crippen LogP) is 4.80. The summed E-state index contributed by atoms with van der Waals surface area (Å²) >= 11 is 0. The van der Waals surface area contributed by atoms with Crippen LogP contribution in [0.3, 0.4) is 0 Å². The summed E-state index contributed by atoms with van der Waals surface area (Å²) in [7, 11) is 0. The number of Topliss-reactive ketones (excluding diaryl/α,β-unsaturated/α-hetero) is 1. The molecular weight excluding hydrogens is 640 g/mol. The van der Waals surface area contributed by atoms with Crippen molar-refractivity contribution >= 4 is 41.3 Å². The topological polar surface area (TPSA) is 189 Å². The van der Waals surface area contributed by atoms with Gasteiger partial charge >= 0.3 is 12.1 Å². The van der Waals surface area contributed by atoms with Gasteiger partial charge in [0.2, 0.25) is 5.91 Å². The number of ketones is 1. The minimum Gasteiger partial charge on any atom is -0.445 e. The van der Waals surface area contributed by atoms with E-state index < -0.39 is 24.1 Å². The number of carbonyl (C=O) groups excluding carboxylic acids is 6. The van der Waals surface area contributed by atoms with Gasteiger partial charge in [-0.15, -0.1) is 0 Å². The van der Waals surface area contributed by atoms with Crippen molar-refractivity contribution in [3.8, 4) is 0 Å². The van der Waals surface area contributed by atoms with E-state index in [4.69, 9.17) is 10.5 Å². The molecule has 1 aliphatic heterocycles. The van der Waals surface area contributed by atoms with E-state index in [0.717, 1.165) is 31.2 Å². The molecule has 6 N–H and O–H groups in total. The average Bonchev–Trinajstić information content (AvgIpc) is 3.35. The zero-order chi connectivity index (χ0) is 37.3. The fourth-order valence-corrected chi connectivity index (χ4v) is 5.52. The second kappa shape index (κ2) is 21.1. The van der Waals surface area contributed by atoms with Crippen LogP contribution in [0.25, 0.3) is 0 Å². The van der Waals surface area contributed by atoms with Gasteiger partial charge in [0.25, 0.3) is 11.8 Å². The summed E-state index contributed by atoms with van der Waals surface area (Å²) in [5.41, 5.74) is 6.60. The Morgan fingerprint density at radius 1 is 0.860 bits per heavy atom. The van der Waals surface area contributed by atoms with E-state index in [2.05, 4.69) is 42.0 Å². The van der Waals surface area contributed by atoms with Gasteiger partial charge in [-0.25, -0.2) is 9.59 Å².